The molecule has 4 nitrogen and oxygen atoms in total. The molecule has 0 aliphatic rings. The van der Waals surface area contributed by atoms with Gasteiger partial charge < -0.3 is 4.98 Å². The molecule has 1 heterocycles. The van der Waals surface area contributed by atoms with Crippen molar-refractivity contribution in [1.29, 1.82) is 0 Å². The lowest BCUT2D eigenvalue weighted by Crippen LogP contribution is -1.89. The first kappa shape index (κ1) is 11.3. The Balaban J connectivity index is 2.66. The highest BCUT2D eigenvalue weighted by molar-refractivity contribution is 9.13. The van der Waals surface area contributed by atoms with Gasteiger partial charge in [-0.05, 0) is 31.9 Å². The van der Waals surface area contributed by atoms with E-state index < -0.39 is 4.92 Å². The third-order valence-electron chi connectivity index (χ3n) is 2.12. The summed E-state index contributed by atoms with van der Waals surface area (Å²) in [6, 6.07) is 9.17. The van der Waals surface area contributed by atoms with Crippen molar-refractivity contribution < 1.29 is 4.92 Å². The van der Waals surface area contributed by atoms with Gasteiger partial charge in [-0.25, -0.2) is 0 Å². The third kappa shape index (κ3) is 1.90. The minimum atomic E-state index is -0.409. The van der Waals surface area contributed by atoms with E-state index in [1.54, 1.807) is 0 Å². The minimum absolute atomic E-state index is 0.0399. The Morgan fingerprint density at radius 1 is 1.19 bits per heavy atom. The standard InChI is InChI=1S/C10H6Br2N2O2/c11-7-9(14(15)16)8(13-10(7)12)6-4-2-1-3-5-6/h1-5,13H. The Morgan fingerprint density at radius 2 is 1.81 bits per heavy atom. The Kier molecular flexibility index (Phi) is 3.11. The van der Waals surface area contributed by atoms with Crippen molar-refractivity contribution >= 4 is 37.5 Å². The van der Waals surface area contributed by atoms with Crippen LogP contribution in [0, 0.1) is 10.1 Å². The van der Waals surface area contributed by atoms with Crippen LogP contribution in [0.1, 0.15) is 0 Å². The molecular formula is C10H6Br2N2O2. The second-order valence-corrected chi connectivity index (χ2v) is 4.69. The quantitative estimate of drug-likeness (QED) is 0.657. The second-order valence-electron chi connectivity index (χ2n) is 3.10. The monoisotopic (exact) mass is 344 g/mol. The van der Waals surface area contributed by atoms with E-state index in [9.17, 15) is 10.1 Å². The predicted molar refractivity (Wildman–Crippen MR) is 68.3 cm³/mol. The summed E-state index contributed by atoms with van der Waals surface area (Å²) in [5.41, 5.74) is 1.31. The molecule has 1 N–H and O–H groups in total. The average molecular weight is 346 g/mol. The van der Waals surface area contributed by atoms with Crippen LogP contribution < -0.4 is 0 Å². The zero-order valence-corrected chi connectivity index (χ0v) is 11.1. The van der Waals surface area contributed by atoms with Crippen LogP contribution in [0.25, 0.3) is 11.3 Å². The fraction of sp³-hybridized carbons (Fsp3) is 0. The van der Waals surface area contributed by atoms with Gasteiger partial charge in [0.2, 0.25) is 0 Å². The van der Waals surface area contributed by atoms with Crippen LogP contribution in [0.3, 0.4) is 0 Å². The SMILES string of the molecule is O=[N+]([O-])c1c(-c2ccccc2)[nH]c(Br)c1Br. The van der Waals surface area contributed by atoms with Gasteiger partial charge in [0.15, 0.2) is 0 Å². The van der Waals surface area contributed by atoms with E-state index >= 15 is 0 Å². The van der Waals surface area contributed by atoms with Crippen molar-refractivity contribution in [1.82, 2.24) is 4.98 Å². The molecule has 0 saturated heterocycles. The predicted octanol–water partition coefficient (Wildman–Crippen LogP) is 4.11. The fourth-order valence-electron chi connectivity index (χ4n) is 1.42. The molecule has 0 spiro atoms. The lowest BCUT2D eigenvalue weighted by Gasteiger charge is -1.97. The number of benzene rings is 1. The second kappa shape index (κ2) is 4.39. The van der Waals surface area contributed by atoms with Crippen LogP contribution in [0.2, 0.25) is 0 Å². The first-order chi connectivity index (χ1) is 7.61. The highest BCUT2D eigenvalue weighted by Gasteiger charge is 2.25. The maximum atomic E-state index is 11.0. The highest BCUT2D eigenvalue weighted by Crippen LogP contribution is 2.40. The molecule has 82 valence electrons. The smallest absolute Gasteiger partial charge is 0.310 e. The summed E-state index contributed by atoms with van der Waals surface area (Å²) < 4.78 is 0.995. The van der Waals surface area contributed by atoms with Crippen molar-refractivity contribution in [2.45, 2.75) is 0 Å². The van der Waals surface area contributed by atoms with E-state index in [-0.39, 0.29) is 5.69 Å². The molecular weight excluding hydrogens is 340 g/mol. The van der Waals surface area contributed by atoms with Crippen LogP contribution in [-0.2, 0) is 0 Å². The first-order valence-electron chi connectivity index (χ1n) is 4.38. The van der Waals surface area contributed by atoms with Gasteiger partial charge in [0, 0.05) is 5.56 Å². The average Bonchev–Trinajstić information content (AvgIpc) is 2.57. The zero-order valence-electron chi connectivity index (χ0n) is 7.91. The Morgan fingerprint density at radius 3 is 2.38 bits per heavy atom. The molecule has 0 radical (unpaired) electrons. The maximum absolute atomic E-state index is 11.0. The van der Waals surface area contributed by atoms with Crippen LogP contribution in [0.15, 0.2) is 39.4 Å². The molecule has 0 fully saturated rings. The van der Waals surface area contributed by atoms with Gasteiger partial charge in [-0.2, -0.15) is 0 Å². The molecule has 2 aromatic rings. The third-order valence-corrected chi connectivity index (χ3v) is 4.02. The fourth-order valence-corrected chi connectivity index (χ4v) is 2.25. The zero-order chi connectivity index (χ0) is 11.7. The Hall–Kier alpha value is -1.14. The Labute approximate surface area is 108 Å². The van der Waals surface area contributed by atoms with E-state index in [2.05, 4.69) is 36.8 Å². The number of hydrogen-bond acceptors (Lipinski definition) is 2. The molecule has 1 aromatic heterocycles. The number of hydrogen-bond donors (Lipinski definition) is 1. The van der Waals surface area contributed by atoms with Gasteiger partial charge in [0.25, 0.3) is 0 Å². The highest BCUT2D eigenvalue weighted by atomic mass is 79.9. The number of rotatable bonds is 2. The number of nitrogens with zero attached hydrogens (tertiary/aromatic N) is 1. The van der Waals surface area contributed by atoms with Gasteiger partial charge in [-0.1, -0.05) is 30.3 Å². The van der Waals surface area contributed by atoms with Gasteiger partial charge >= 0.3 is 5.69 Å². The molecule has 0 unspecified atom stereocenters. The van der Waals surface area contributed by atoms with E-state index in [4.69, 9.17) is 0 Å². The van der Waals surface area contributed by atoms with Gasteiger partial charge in [-0.15, -0.1) is 0 Å². The molecule has 0 bridgehead atoms. The van der Waals surface area contributed by atoms with Crippen LogP contribution >= 0.6 is 31.9 Å². The topological polar surface area (TPSA) is 58.9 Å². The number of aromatic amines is 1. The molecule has 0 aliphatic carbocycles. The lowest BCUT2D eigenvalue weighted by atomic mass is 10.1. The van der Waals surface area contributed by atoms with Crippen molar-refractivity contribution in [3.8, 4) is 11.3 Å². The summed E-state index contributed by atoms with van der Waals surface area (Å²) >= 11 is 6.40. The van der Waals surface area contributed by atoms with E-state index in [0.717, 1.165) is 5.56 Å². The number of nitro groups is 1. The largest absolute Gasteiger partial charge is 0.342 e. The molecule has 0 atom stereocenters. The molecule has 16 heavy (non-hydrogen) atoms. The van der Waals surface area contributed by atoms with E-state index in [1.165, 1.54) is 0 Å². The number of halogens is 2. The van der Waals surface area contributed by atoms with Crippen LogP contribution in [0.5, 0.6) is 0 Å². The summed E-state index contributed by atoms with van der Waals surface area (Å²) in [6.07, 6.45) is 0. The van der Waals surface area contributed by atoms with Crippen molar-refractivity contribution in [3.63, 3.8) is 0 Å². The molecule has 2 rings (SSSR count). The molecule has 0 aliphatic heterocycles. The molecule has 1 aromatic carbocycles. The molecule has 0 amide bonds. The van der Waals surface area contributed by atoms with Gasteiger partial charge in [-0.3, -0.25) is 10.1 Å². The molecule has 0 saturated carbocycles. The van der Waals surface area contributed by atoms with Gasteiger partial charge in [0.1, 0.15) is 14.8 Å². The summed E-state index contributed by atoms with van der Waals surface area (Å²) in [5.74, 6) is 0. The van der Waals surface area contributed by atoms with Crippen LogP contribution in [-0.4, -0.2) is 9.91 Å². The summed E-state index contributed by atoms with van der Waals surface area (Å²) in [5, 5.41) is 11.0. The normalized spacial score (nSPS) is 10.4. The van der Waals surface area contributed by atoms with Crippen molar-refractivity contribution in [2.24, 2.45) is 0 Å². The number of aromatic nitrogens is 1. The first-order valence-corrected chi connectivity index (χ1v) is 5.96. The van der Waals surface area contributed by atoms with Crippen molar-refractivity contribution in [3.05, 3.63) is 49.5 Å². The number of H-pyrrole nitrogens is 1. The summed E-state index contributed by atoms with van der Waals surface area (Å²) in [6.45, 7) is 0. The summed E-state index contributed by atoms with van der Waals surface area (Å²) in [7, 11) is 0. The number of nitrogens with one attached hydrogen (secondary N) is 1. The van der Waals surface area contributed by atoms with Crippen LogP contribution in [0.4, 0.5) is 5.69 Å². The Bertz CT molecular complexity index is 537. The minimum Gasteiger partial charge on any atom is -0.342 e. The molecule has 6 heteroatoms. The van der Waals surface area contributed by atoms with Gasteiger partial charge in [0.05, 0.1) is 4.92 Å². The lowest BCUT2D eigenvalue weighted by molar-refractivity contribution is -0.384. The summed E-state index contributed by atoms with van der Waals surface area (Å²) in [4.78, 5) is 13.5. The van der Waals surface area contributed by atoms with E-state index in [1.807, 2.05) is 30.3 Å². The maximum Gasteiger partial charge on any atom is 0.310 e. The van der Waals surface area contributed by atoms with Crippen molar-refractivity contribution in [2.75, 3.05) is 0 Å². The van der Waals surface area contributed by atoms with E-state index in [0.29, 0.717) is 14.8 Å².